The fourth-order valence-electron chi connectivity index (χ4n) is 0.846. The smallest absolute Gasteiger partial charge is 1.00 e. The van der Waals surface area contributed by atoms with Gasteiger partial charge in [-0.05, 0) is 39.9 Å². The molecule has 0 aromatic carbocycles. The predicted octanol–water partition coefficient (Wildman–Crippen LogP) is -8.41. The van der Waals surface area contributed by atoms with E-state index in [4.69, 9.17) is 0 Å². The summed E-state index contributed by atoms with van der Waals surface area (Å²) in [6.07, 6.45) is -5.57. The van der Waals surface area contributed by atoms with Gasteiger partial charge < -0.3 is 53.6 Å². The van der Waals surface area contributed by atoms with E-state index >= 15 is 0 Å². The summed E-state index contributed by atoms with van der Waals surface area (Å²) < 4.78 is 9.06. The van der Waals surface area contributed by atoms with Gasteiger partial charge in [-0.15, -0.1) is 0 Å². The number of carbonyl (C=O) groups excluding carboxylic acids is 2. The molecule has 6 nitrogen and oxygen atoms in total. The first kappa shape index (κ1) is 33.1. The average molecular weight is 441 g/mol. The van der Waals surface area contributed by atoms with Crippen LogP contribution in [0, 0.1) is 0 Å². The number of rotatable bonds is 5. The van der Waals surface area contributed by atoms with Crippen LogP contribution in [0.4, 0.5) is 0 Å². The van der Waals surface area contributed by atoms with Crippen LogP contribution in [-0.4, -0.2) is 82.5 Å². The maximum Gasteiger partial charge on any atom is 2.00 e. The standard InChI is InChI=1S/C10H16O6.2BrH.2Mg/c1-5(2)15-9(13)7(11)8(12)10(14)16-6(3)4;;;;/h5-8H,1-4H3;2*1H;;/q-2;;;2*+2/p-2. The largest absolute Gasteiger partial charge is 2.00 e. The van der Waals surface area contributed by atoms with Crippen molar-refractivity contribution in [3.05, 3.63) is 0 Å². The van der Waals surface area contributed by atoms with Crippen LogP contribution in [0.3, 0.4) is 0 Å². The molecule has 0 aromatic rings. The van der Waals surface area contributed by atoms with Crippen molar-refractivity contribution in [3.63, 3.8) is 0 Å². The van der Waals surface area contributed by atoms with E-state index in [0.717, 1.165) is 0 Å². The number of ether oxygens (including phenoxy) is 2. The fraction of sp³-hybridized carbons (Fsp3) is 0.800. The molecule has 0 aliphatic heterocycles. The van der Waals surface area contributed by atoms with Crippen LogP contribution in [0.25, 0.3) is 0 Å². The number of halogens is 2. The molecule has 0 bridgehead atoms. The molecule has 0 saturated carbocycles. The summed E-state index contributed by atoms with van der Waals surface area (Å²) in [5, 5.41) is 22.4. The van der Waals surface area contributed by atoms with E-state index in [1.165, 1.54) is 27.7 Å². The number of carbonyl (C=O) groups is 2. The zero-order valence-corrected chi connectivity index (χ0v) is 17.9. The Balaban J connectivity index is -0.000000187. The molecule has 0 N–H and O–H groups in total. The zero-order valence-electron chi connectivity index (χ0n) is 11.9. The fourth-order valence-corrected chi connectivity index (χ4v) is 0.846. The molecule has 0 saturated heterocycles. The Labute approximate surface area is 172 Å². The summed E-state index contributed by atoms with van der Waals surface area (Å²) in [6, 6.07) is 0. The van der Waals surface area contributed by atoms with E-state index in [9.17, 15) is 19.8 Å². The van der Waals surface area contributed by atoms with Gasteiger partial charge in [-0.3, -0.25) is 9.59 Å². The van der Waals surface area contributed by atoms with Gasteiger partial charge in [0, 0.05) is 0 Å². The summed E-state index contributed by atoms with van der Waals surface area (Å²) in [5.74, 6) is -2.45. The molecule has 110 valence electrons. The van der Waals surface area contributed by atoms with Crippen LogP contribution >= 0.6 is 0 Å². The molecule has 0 amide bonds. The van der Waals surface area contributed by atoms with Crippen molar-refractivity contribution >= 4 is 58.0 Å². The first-order valence-electron chi connectivity index (χ1n) is 4.98. The monoisotopic (exact) mass is 438 g/mol. The minimum absolute atomic E-state index is 0. The second-order valence-electron chi connectivity index (χ2n) is 3.81. The molecule has 0 fully saturated rings. The molecule has 0 aliphatic rings. The molecule has 0 heterocycles. The second kappa shape index (κ2) is 16.7. The molecule has 10 heteroatoms. The Morgan fingerprint density at radius 1 is 0.750 bits per heavy atom. The predicted molar refractivity (Wildman–Crippen MR) is 61.5 cm³/mol. The van der Waals surface area contributed by atoms with Gasteiger partial charge in [-0.1, -0.05) is 0 Å². The number of hydrogen-bond donors (Lipinski definition) is 0. The van der Waals surface area contributed by atoms with E-state index in [0.29, 0.717) is 0 Å². The van der Waals surface area contributed by atoms with Crippen molar-refractivity contribution in [1.29, 1.82) is 0 Å². The summed E-state index contributed by atoms with van der Waals surface area (Å²) in [4.78, 5) is 22.1. The number of hydrogen-bond acceptors (Lipinski definition) is 6. The van der Waals surface area contributed by atoms with Gasteiger partial charge >= 0.3 is 46.1 Å². The molecular weight excluding hydrogens is 425 g/mol. The van der Waals surface area contributed by atoms with Crippen molar-refractivity contribution in [2.75, 3.05) is 0 Å². The topological polar surface area (TPSA) is 98.7 Å². The molecule has 0 rings (SSSR count). The Hall–Kier alpha value is 1.35. The number of esters is 2. The molecule has 20 heavy (non-hydrogen) atoms. The van der Waals surface area contributed by atoms with E-state index in [1.807, 2.05) is 0 Å². The van der Waals surface area contributed by atoms with Crippen LogP contribution in [0.5, 0.6) is 0 Å². The Morgan fingerprint density at radius 3 is 1.10 bits per heavy atom. The molecule has 2 unspecified atom stereocenters. The zero-order chi connectivity index (χ0) is 12.9. The average Bonchev–Trinajstić information content (AvgIpc) is 2.13. The van der Waals surface area contributed by atoms with Crippen molar-refractivity contribution in [1.82, 2.24) is 0 Å². The Kier molecular flexibility index (Phi) is 27.6. The summed E-state index contributed by atoms with van der Waals surface area (Å²) in [6.45, 7) is 6.15. The van der Waals surface area contributed by atoms with Gasteiger partial charge in [-0.25, -0.2) is 0 Å². The Bertz CT molecular complexity index is 240. The third kappa shape index (κ3) is 14.3. The third-order valence-corrected chi connectivity index (χ3v) is 1.44. The quantitative estimate of drug-likeness (QED) is 0.311. The van der Waals surface area contributed by atoms with Gasteiger partial charge in [0.15, 0.2) is 0 Å². The molecular formula is C10H16Br2Mg2O6. The van der Waals surface area contributed by atoms with E-state index in [-0.39, 0.29) is 80.1 Å². The summed E-state index contributed by atoms with van der Waals surface area (Å²) >= 11 is 0. The van der Waals surface area contributed by atoms with Gasteiger partial charge in [0.1, 0.15) is 0 Å². The minimum Gasteiger partial charge on any atom is -1.00 e. The van der Waals surface area contributed by atoms with Crippen molar-refractivity contribution in [2.45, 2.75) is 52.1 Å². The van der Waals surface area contributed by atoms with E-state index in [2.05, 4.69) is 9.47 Å². The summed E-state index contributed by atoms with van der Waals surface area (Å²) in [5.41, 5.74) is 0. The van der Waals surface area contributed by atoms with E-state index in [1.54, 1.807) is 0 Å². The van der Waals surface area contributed by atoms with Crippen LogP contribution in [0.15, 0.2) is 0 Å². The molecule has 0 aliphatic carbocycles. The maximum atomic E-state index is 11.2. The molecule has 2 atom stereocenters. The molecule has 0 aromatic heterocycles. The third-order valence-electron chi connectivity index (χ3n) is 1.44. The van der Waals surface area contributed by atoms with Gasteiger partial charge in [-0.2, -0.15) is 0 Å². The van der Waals surface area contributed by atoms with E-state index < -0.39 is 36.4 Å². The molecule has 0 spiro atoms. The van der Waals surface area contributed by atoms with Gasteiger partial charge in [0.25, 0.3) is 11.9 Å². The first-order chi connectivity index (χ1) is 7.25. The van der Waals surface area contributed by atoms with Gasteiger partial charge in [0.2, 0.25) is 0 Å². The van der Waals surface area contributed by atoms with Crippen LogP contribution < -0.4 is 44.2 Å². The second-order valence-corrected chi connectivity index (χ2v) is 3.81. The van der Waals surface area contributed by atoms with Crippen LogP contribution in [-0.2, 0) is 19.1 Å². The first-order valence-corrected chi connectivity index (χ1v) is 4.98. The molecule has 0 radical (unpaired) electrons. The Morgan fingerprint density at radius 2 is 0.950 bits per heavy atom. The normalized spacial score (nSPS) is 11.8. The van der Waals surface area contributed by atoms with Crippen molar-refractivity contribution in [2.24, 2.45) is 0 Å². The minimum atomic E-state index is -2.28. The van der Waals surface area contributed by atoms with Crippen LogP contribution in [0.2, 0.25) is 0 Å². The van der Waals surface area contributed by atoms with Crippen molar-refractivity contribution in [3.8, 4) is 0 Å². The SMILES string of the molecule is CC(C)OC(=O)C([O-])C([O-])C(=O)OC(C)C.[Br-].[Br-].[Mg+2].[Mg+2]. The summed E-state index contributed by atoms with van der Waals surface area (Å²) in [7, 11) is 0. The maximum absolute atomic E-state index is 11.2. The van der Waals surface area contributed by atoms with Crippen LogP contribution in [0.1, 0.15) is 27.7 Å². The van der Waals surface area contributed by atoms with Crippen molar-refractivity contribution < 1.29 is 63.2 Å². The van der Waals surface area contributed by atoms with Gasteiger partial charge in [0.05, 0.1) is 12.2 Å².